The van der Waals surface area contributed by atoms with Crippen molar-refractivity contribution in [3.63, 3.8) is 0 Å². The molecule has 1 aliphatic rings. The Hall–Kier alpha value is -2.23. The summed E-state index contributed by atoms with van der Waals surface area (Å²) in [5.41, 5.74) is 2.73. The van der Waals surface area contributed by atoms with Gasteiger partial charge in [-0.05, 0) is 23.8 Å². The molecule has 0 aliphatic carbocycles. The number of H-pyrrole nitrogens is 1. The Morgan fingerprint density at radius 2 is 2.11 bits per heavy atom. The molecule has 0 saturated carbocycles. The number of hydrogen-bond donors (Lipinski definition) is 2. The van der Waals surface area contributed by atoms with Gasteiger partial charge in [0.15, 0.2) is 0 Å². The quantitative estimate of drug-likeness (QED) is 0.802. The van der Waals surface area contributed by atoms with E-state index in [2.05, 4.69) is 4.98 Å². The number of amides is 1. The number of para-hydroxylation sites is 1. The fraction of sp³-hybridized carbons (Fsp3) is 0.214. The summed E-state index contributed by atoms with van der Waals surface area (Å²) >= 11 is 0. The zero-order chi connectivity index (χ0) is 12.5. The number of carbonyl (C=O) groups is 1. The molecule has 92 valence electrons. The van der Waals surface area contributed by atoms with Gasteiger partial charge in [-0.25, -0.2) is 0 Å². The normalized spacial score (nSPS) is 14.3. The summed E-state index contributed by atoms with van der Waals surface area (Å²) < 4.78 is 0. The van der Waals surface area contributed by atoms with E-state index in [1.54, 1.807) is 29.2 Å². The van der Waals surface area contributed by atoms with Gasteiger partial charge in [0.2, 0.25) is 0 Å². The van der Waals surface area contributed by atoms with Crippen LogP contribution in [0.15, 0.2) is 36.5 Å². The molecule has 0 saturated heterocycles. The van der Waals surface area contributed by atoms with Crippen LogP contribution in [0.4, 0.5) is 0 Å². The molecule has 1 aromatic heterocycles. The highest BCUT2D eigenvalue weighted by atomic mass is 16.3. The number of aromatic nitrogens is 1. The van der Waals surface area contributed by atoms with Gasteiger partial charge in [-0.15, -0.1) is 0 Å². The van der Waals surface area contributed by atoms with E-state index in [9.17, 15) is 9.90 Å². The minimum atomic E-state index is -0.111. The third-order valence-corrected chi connectivity index (χ3v) is 3.34. The van der Waals surface area contributed by atoms with Crippen LogP contribution in [0.2, 0.25) is 0 Å². The Balaban J connectivity index is 1.85. The Morgan fingerprint density at radius 3 is 2.94 bits per heavy atom. The summed E-state index contributed by atoms with van der Waals surface area (Å²) in [6.07, 6.45) is 2.74. The molecular weight excluding hydrogens is 228 g/mol. The molecule has 0 spiro atoms. The summed E-state index contributed by atoms with van der Waals surface area (Å²) in [7, 11) is 0. The fourth-order valence-corrected chi connectivity index (χ4v) is 2.35. The molecule has 4 nitrogen and oxygen atoms in total. The third kappa shape index (κ3) is 1.76. The van der Waals surface area contributed by atoms with E-state index in [1.165, 1.54) is 5.69 Å². The van der Waals surface area contributed by atoms with E-state index in [4.69, 9.17) is 0 Å². The van der Waals surface area contributed by atoms with Gasteiger partial charge in [-0.3, -0.25) is 4.79 Å². The predicted molar refractivity (Wildman–Crippen MR) is 67.3 cm³/mol. The molecule has 1 aromatic carbocycles. The number of rotatable bonds is 1. The monoisotopic (exact) mass is 242 g/mol. The smallest absolute Gasteiger partial charge is 0.257 e. The number of hydrogen-bond acceptors (Lipinski definition) is 2. The first kappa shape index (κ1) is 10.9. The lowest BCUT2D eigenvalue weighted by molar-refractivity contribution is 0.0731. The predicted octanol–water partition coefficient (Wildman–Crippen LogP) is 1.92. The topological polar surface area (TPSA) is 56.3 Å². The Labute approximate surface area is 105 Å². The molecule has 2 aromatic rings. The van der Waals surface area contributed by atoms with E-state index in [0.717, 1.165) is 12.0 Å². The van der Waals surface area contributed by atoms with Crippen molar-refractivity contribution < 1.29 is 9.90 Å². The second-order valence-corrected chi connectivity index (χ2v) is 4.48. The van der Waals surface area contributed by atoms with E-state index < -0.39 is 0 Å². The van der Waals surface area contributed by atoms with Crippen LogP contribution >= 0.6 is 0 Å². The molecule has 1 aliphatic heterocycles. The summed E-state index contributed by atoms with van der Waals surface area (Å²) in [5, 5.41) is 9.71. The Bertz CT molecular complexity index is 589. The third-order valence-electron chi connectivity index (χ3n) is 3.34. The average molecular weight is 242 g/mol. The van der Waals surface area contributed by atoms with E-state index in [-0.39, 0.29) is 11.7 Å². The lowest BCUT2D eigenvalue weighted by Gasteiger charge is -2.27. The fourth-order valence-electron chi connectivity index (χ4n) is 2.35. The molecule has 0 fully saturated rings. The van der Waals surface area contributed by atoms with Gasteiger partial charge in [0, 0.05) is 31.4 Å². The van der Waals surface area contributed by atoms with E-state index in [1.807, 2.05) is 12.3 Å². The van der Waals surface area contributed by atoms with Crippen molar-refractivity contribution in [2.75, 3.05) is 6.54 Å². The van der Waals surface area contributed by atoms with Crippen molar-refractivity contribution in [1.29, 1.82) is 0 Å². The van der Waals surface area contributed by atoms with Crippen LogP contribution in [0, 0.1) is 0 Å². The summed E-state index contributed by atoms with van der Waals surface area (Å²) in [5.74, 6) is -0.0673. The molecule has 0 unspecified atom stereocenters. The van der Waals surface area contributed by atoms with Gasteiger partial charge < -0.3 is 15.0 Å². The maximum Gasteiger partial charge on any atom is 0.257 e. The molecule has 2 N–H and O–H groups in total. The number of phenolic OH excluding ortho intramolecular Hbond substituents is 1. The van der Waals surface area contributed by atoms with Crippen LogP contribution in [-0.2, 0) is 13.0 Å². The van der Waals surface area contributed by atoms with Gasteiger partial charge in [-0.2, -0.15) is 0 Å². The van der Waals surface area contributed by atoms with E-state index >= 15 is 0 Å². The number of aromatic amines is 1. The number of nitrogens with zero attached hydrogens (tertiary/aromatic N) is 1. The van der Waals surface area contributed by atoms with Crippen molar-refractivity contribution in [2.24, 2.45) is 0 Å². The van der Waals surface area contributed by atoms with Crippen LogP contribution in [0.5, 0.6) is 5.75 Å². The minimum Gasteiger partial charge on any atom is -0.507 e. The summed E-state index contributed by atoms with van der Waals surface area (Å²) in [4.78, 5) is 17.3. The maximum absolute atomic E-state index is 12.3. The van der Waals surface area contributed by atoms with Crippen molar-refractivity contribution in [2.45, 2.75) is 13.0 Å². The molecule has 0 bridgehead atoms. The second kappa shape index (κ2) is 4.22. The SMILES string of the molecule is O=C(c1ccccc1O)N1CCc2[nH]ccc2C1. The van der Waals surface area contributed by atoms with Crippen molar-refractivity contribution in [3.05, 3.63) is 53.3 Å². The molecule has 3 rings (SSSR count). The maximum atomic E-state index is 12.3. The Morgan fingerprint density at radius 1 is 1.28 bits per heavy atom. The van der Waals surface area contributed by atoms with E-state index in [0.29, 0.717) is 18.7 Å². The standard InChI is InChI=1S/C14H14N2O2/c17-13-4-2-1-3-11(13)14(18)16-8-6-12-10(9-16)5-7-15-12/h1-5,7,15,17H,6,8-9H2. The zero-order valence-corrected chi connectivity index (χ0v) is 9.89. The van der Waals surface area contributed by atoms with Crippen LogP contribution in [0.3, 0.4) is 0 Å². The molecule has 18 heavy (non-hydrogen) atoms. The van der Waals surface area contributed by atoms with Crippen molar-refractivity contribution >= 4 is 5.91 Å². The van der Waals surface area contributed by atoms with Gasteiger partial charge in [0.25, 0.3) is 5.91 Å². The van der Waals surface area contributed by atoms with Gasteiger partial charge in [-0.1, -0.05) is 12.1 Å². The van der Waals surface area contributed by atoms with Gasteiger partial charge in [0.05, 0.1) is 5.56 Å². The average Bonchev–Trinajstić information content (AvgIpc) is 2.85. The second-order valence-electron chi connectivity index (χ2n) is 4.48. The first-order valence-corrected chi connectivity index (χ1v) is 5.98. The number of fused-ring (bicyclic) bond motifs is 1. The number of benzene rings is 1. The first-order valence-electron chi connectivity index (χ1n) is 5.98. The lowest BCUT2D eigenvalue weighted by atomic mass is 10.1. The first-order chi connectivity index (χ1) is 8.75. The minimum absolute atomic E-state index is 0.0439. The number of aromatic hydroxyl groups is 1. The Kier molecular flexibility index (Phi) is 2.55. The van der Waals surface area contributed by atoms with Gasteiger partial charge in [0.1, 0.15) is 5.75 Å². The van der Waals surface area contributed by atoms with Crippen LogP contribution in [0.25, 0.3) is 0 Å². The molecule has 0 atom stereocenters. The lowest BCUT2D eigenvalue weighted by Crippen LogP contribution is -2.35. The molecule has 2 heterocycles. The molecule has 4 heteroatoms. The molecule has 0 radical (unpaired) electrons. The number of nitrogens with one attached hydrogen (secondary N) is 1. The largest absolute Gasteiger partial charge is 0.507 e. The van der Waals surface area contributed by atoms with Crippen LogP contribution < -0.4 is 0 Å². The zero-order valence-electron chi connectivity index (χ0n) is 9.89. The van der Waals surface area contributed by atoms with Crippen molar-refractivity contribution in [3.8, 4) is 5.75 Å². The van der Waals surface area contributed by atoms with Crippen molar-refractivity contribution in [1.82, 2.24) is 9.88 Å². The summed E-state index contributed by atoms with van der Waals surface area (Å²) in [6, 6.07) is 8.67. The highest BCUT2D eigenvalue weighted by Crippen LogP contribution is 2.22. The number of carbonyl (C=O) groups excluding carboxylic acids is 1. The molecule has 1 amide bonds. The van der Waals surface area contributed by atoms with Crippen LogP contribution in [0.1, 0.15) is 21.6 Å². The highest BCUT2D eigenvalue weighted by Gasteiger charge is 2.23. The van der Waals surface area contributed by atoms with Gasteiger partial charge >= 0.3 is 0 Å². The number of phenols is 1. The highest BCUT2D eigenvalue weighted by molar-refractivity contribution is 5.96. The summed E-state index contributed by atoms with van der Waals surface area (Å²) in [6.45, 7) is 1.28. The molecular formula is C14H14N2O2. The van der Waals surface area contributed by atoms with Crippen LogP contribution in [-0.4, -0.2) is 27.4 Å².